The van der Waals surface area contributed by atoms with Gasteiger partial charge < -0.3 is 9.78 Å². The SMILES string of the molecule is CCN(C(CC(=O)OO)C(=O)OO)C(CC(=O)OO)C(=O)OO. The van der Waals surface area contributed by atoms with Crippen molar-refractivity contribution in [3.05, 3.63) is 0 Å². The minimum Gasteiger partial charge on any atom is -0.301 e. The summed E-state index contributed by atoms with van der Waals surface area (Å²) in [6.45, 7) is 1.18. The Balaban J connectivity index is 5.58. The van der Waals surface area contributed by atoms with Crippen molar-refractivity contribution in [1.82, 2.24) is 4.90 Å². The Morgan fingerprint density at radius 2 is 1.13 bits per heavy atom. The number of rotatable bonds is 9. The maximum absolute atomic E-state index is 11.6. The summed E-state index contributed by atoms with van der Waals surface area (Å²) in [5.74, 6) is -5.49. The normalized spacial score (nSPS) is 13.0. The molecule has 0 radical (unpaired) electrons. The Bertz CT molecular complexity index is 400. The second-order valence-electron chi connectivity index (χ2n) is 4.02. The van der Waals surface area contributed by atoms with Gasteiger partial charge in [0.1, 0.15) is 12.1 Å². The molecule has 0 aliphatic rings. The first-order valence-electron chi connectivity index (χ1n) is 6.00. The third-order valence-electron chi connectivity index (χ3n) is 2.81. The predicted octanol–water partition coefficient (Wildman–Crippen LogP) is -1.11. The number of carbonyl (C=O) groups is 4. The Labute approximate surface area is 128 Å². The summed E-state index contributed by atoms with van der Waals surface area (Å²) >= 11 is 0. The van der Waals surface area contributed by atoms with Gasteiger partial charge in [-0.3, -0.25) is 14.7 Å². The third kappa shape index (κ3) is 6.13. The van der Waals surface area contributed by atoms with E-state index in [0.717, 1.165) is 4.90 Å². The zero-order valence-electron chi connectivity index (χ0n) is 11.8. The molecule has 0 rings (SSSR count). The maximum Gasteiger partial charge on any atom is 0.359 e. The summed E-state index contributed by atoms with van der Waals surface area (Å²) in [5.41, 5.74) is 0. The molecule has 0 spiro atoms. The van der Waals surface area contributed by atoms with Gasteiger partial charge in [0.15, 0.2) is 0 Å². The maximum atomic E-state index is 11.6. The van der Waals surface area contributed by atoms with Crippen LogP contribution in [0.1, 0.15) is 19.8 Å². The molecule has 132 valence electrons. The molecule has 0 aromatic carbocycles. The molecule has 13 heteroatoms. The lowest BCUT2D eigenvalue weighted by molar-refractivity contribution is -0.253. The van der Waals surface area contributed by atoms with Crippen LogP contribution in [-0.4, -0.2) is 68.4 Å². The molecule has 0 aromatic heterocycles. The van der Waals surface area contributed by atoms with E-state index in [0.29, 0.717) is 0 Å². The summed E-state index contributed by atoms with van der Waals surface area (Å²) in [4.78, 5) is 59.9. The van der Waals surface area contributed by atoms with Gasteiger partial charge in [0, 0.05) is 0 Å². The number of hydrogen-bond donors (Lipinski definition) is 4. The van der Waals surface area contributed by atoms with Crippen LogP contribution in [-0.2, 0) is 38.7 Å². The lowest BCUT2D eigenvalue weighted by atomic mass is 10.1. The summed E-state index contributed by atoms with van der Waals surface area (Å²) < 4.78 is 0. The highest BCUT2D eigenvalue weighted by Gasteiger charge is 2.40. The highest BCUT2D eigenvalue weighted by Crippen LogP contribution is 2.16. The highest BCUT2D eigenvalue weighted by molar-refractivity contribution is 5.85. The Kier molecular flexibility index (Phi) is 9.36. The van der Waals surface area contributed by atoms with Crippen molar-refractivity contribution in [2.75, 3.05) is 6.54 Å². The molecule has 0 aromatic rings. The first-order valence-corrected chi connectivity index (χ1v) is 6.00. The largest absolute Gasteiger partial charge is 0.359 e. The second-order valence-corrected chi connectivity index (χ2v) is 4.02. The lowest BCUT2D eigenvalue weighted by Crippen LogP contribution is -2.53. The molecule has 2 atom stereocenters. The number of likely N-dealkylation sites (N-methyl/N-ethyl adjacent to an activating group) is 1. The van der Waals surface area contributed by atoms with Crippen LogP contribution in [0.15, 0.2) is 0 Å². The van der Waals surface area contributed by atoms with Gasteiger partial charge in [-0.25, -0.2) is 19.2 Å². The van der Waals surface area contributed by atoms with Crippen LogP contribution in [0.2, 0.25) is 0 Å². The summed E-state index contributed by atoms with van der Waals surface area (Å²) in [6.07, 6.45) is -1.76. The van der Waals surface area contributed by atoms with Gasteiger partial charge in [-0.15, -0.1) is 0 Å². The second kappa shape index (κ2) is 10.4. The molecule has 2 unspecified atom stereocenters. The van der Waals surface area contributed by atoms with Gasteiger partial charge in [0.05, 0.1) is 12.8 Å². The topological polar surface area (TPSA) is 189 Å². The zero-order valence-corrected chi connectivity index (χ0v) is 11.8. The molecule has 23 heavy (non-hydrogen) atoms. The third-order valence-corrected chi connectivity index (χ3v) is 2.81. The van der Waals surface area contributed by atoms with Crippen molar-refractivity contribution in [1.29, 1.82) is 0 Å². The van der Waals surface area contributed by atoms with Gasteiger partial charge >= 0.3 is 23.9 Å². The van der Waals surface area contributed by atoms with Crippen LogP contribution in [0.4, 0.5) is 0 Å². The van der Waals surface area contributed by atoms with Crippen molar-refractivity contribution in [3.63, 3.8) is 0 Å². The molecule has 0 fully saturated rings. The molecule has 0 bridgehead atoms. The van der Waals surface area contributed by atoms with E-state index < -0.39 is 48.8 Å². The van der Waals surface area contributed by atoms with Crippen molar-refractivity contribution >= 4 is 23.9 Å². The van der Waals surface area contributed by atoms with Crippen LogP contribution >= 0.6 is 0 Å². The molecule has 0 aliphatic heterocycles. The summed E-state index contributed by atoms with van der Waals surface area (Å²) in [7, 11) is 0. The quantitative estimate of drug-likeness (QED) is 0.224. The van der Waals surface area contributed by atoms with Gasteiger partial charge in [-0.05, 0) is 6.54 Å². The van der Waals surface area contributed by atoms with Crippen molar-refractivity contribution in [3.8, 4) is 0 Å². The fourth-order valence-electron chi connectivity index (χ4n) is 1.84. The van der Waals surface area contributed by atoms with Crippen LogP contribution in [0.25, 0.3) is 0 Å². The molecule has 13 nitrogen and oxygen atoms in total. The van der Waals surface area contributed by atoms with E-state index in [1.165, 1.54) is 6.92 Å². The van der Waals surface area contributed by atoms with Gasteiger partial charge in [0.2, 0.25) is 0 Å². The summed E-state index contributed by atoms with van der Waals surface area (Å²) in [6, 6.07) is -3.39. The van der Waals surface area contributed by atoms with E-state index >= 15 is 0 Å². The fourth-order valence-corrected chi connectivity index (χ4v) is 1.84. The Morgan fingerprint density at radius 3 is 1.35 bits per heavy atom. The lowest BCUT2D eigenvalue weighted by Gasteiger charge is -2.31. The minimum atomic E-state index is -1.69. The van der Waals surface area contributed by atoms with Gasteiger partial charge in [-0.2, -0.15) is 21.0 Å². The van der Waals surface area contributed by atoms with Crippen molar-refractivity contribution in [2.45, 2.75) is 31.8 Å². The Morgan fingerprint density at radius 1 is 0.783 bits per heavy atom. The van der Waals surface area contributed by atoms with E-state index in [2.05, 4.69) is 19.6 Å². The monoisotopic (exact) mass is 341 g/mol. The molecular formula is C10H15NO12. The van der Waals surface area contributed by atoms with Crippen molar-refractivity contribution in [2.24, 2.45) is 0 Å². The molecule has 0 aliphatic carbocycles. The zero-order chi connectivity index (χ0) is 18.0. The van der Waals surface area contributed by atoms with E-state index in [1.54, 1.807) is 0 Å². The standard InChI is InChI=1S/C10H15NO12/c1-2-11(5(9(14)22-18)3-7(12)20-16)6(10(15)23-19)4-8(13)21-17/h5-6,16-19H,2-4H2,1H3. The smallest absolute Gasteiger partial charge is 0.301 e. The van der Waals surface area contributed by atoms with Gasteiger partial charge in [0.25, 0.3) is 0 Å². The van der Waals surface area contributed by atoms with Crippen LogP contribution in [0, 0.1) is 0 Å². The van der Waals surface area contributed by atoms with E-state index in [4.69, 9.17) is 21.0 Å². The molecule has 0 saturated carbocycles. The average molecular weight is 341 g/mol. The fraction of sp³-hybridized carbons (Fsp3) is 0.600. The molecule has 0 heterocycles. The number of hydrogen-bond acceptors (Lipinski definition) is 13. The Hall–Kier alpha value is -2.32. The minimum absolute atomic E-state index is 0.197. The van der Waals surface area contributed by atoms with Crippen LogP contribution in [0.5, 0.6) is 0 Å². The molecular weight excluding hydrogens is 326 g/mol. The van der Waals surface area contributed by atoms with E-state index in [9.17, 15) is 19.2 Å². The van der Waals surface area contributed by atoms with Crippen molar-refractivity contribution < 1.29 is 59.8 Å². The number of carbonyl (C=O) groups excluding carboxylic acids is 4. The molecule has 0 amide bonds. The van der Waals surface area contributed by atoms with E-state index in [1.807, 2.05) is 0 Å². The first-order chi connectivity index (χ1) is 10.9. The predicted molar refractivity (Wildman–Crippen MR) is 64.1 cm³/mol. The highest BCUT2D eigenvalue weighted by atomic mass is 17.1. The average Bonchev–Trinajstić information content (AvgIpc) is 2.58. The van der Waals surface area contributed by atoms with E-state index in [-0.39, 0.29) is 6.54 Å². The van der Waals surface area contributed by atoms with Gasteiger partial charge in [-0.1, -0.05) is 6.92 Å². The number of nitrogens with zero attached hydrogens (tertiary/aromatic N) is 1. The molecule has 4 N–H and O–H groups in total. The molecule has 0 saturated heterocycles. The van der Waals surface area contributed by atoms with Crippen LogP contribution < -0.4 is 0 Å². The van der Waals surface area contributed by atoms with Crippen LogP contribution in [0.3, 0.4) is 0 Å². The summed E-state index contributed by atoms with van der Waals surface area (Å²) in [5, 5.41) is 33.4. The first kappa shape index (κ1) is 20.7.